The molecule has 3 atom stereocenters. The molecule has 2 aliphatic carbocycles. The van der Waals surface area contributed by atoms with E-state index in [4.69, 9.17) is 0 Å². The van der Waals surface area contributed by atoms with Gasteiger partial charge in [-0.2, -0.15) is 0 Å². The van der Waals surface area contributed by atoms with Crippen LogP contribution in [0.5, 0.6) is 0 Å². The number of carbonyl (C=O) groups is 2. The highest BCUT2D eigenvalue weighted by Gasteiger charge is 2.49. The number of Topliss-reactive ketones (excluding diaryl/α,β-unsaturated/α-hetero) is 1. The number of allylic oxidation sites excluding steroid dienone is 5. The Balaban J connectivity index is 2.41. The number of hydrogen-bond donors (Lipinski definition) is 1. The molecule has 0 saturated carbocycles. The Bertz CT molecular complexity index is 590. The molecule has 23 heavy (non-hydrogen) atoms. The maximum atomic E-state index is 12.8. The number of aliphatic hydroxyl groups is 1. The van der Waals surface area contributed by atoms with Crippen molar-refractivity contribution in [2.24, 2.45) is 17.3 Å². The van der Waals surface area contributed by atoms with Crippen molar-refractivity contribution in [1.82, 2.24) is 0 Å². The maximum absolute atomic E-state index is 12.8. The molecule has 0 bridgehead atoms. The summed E-state index contributed by atoms with van der Waals surface area (Å²) in [5.74, 6) is -0.189. The second-order valence-corrected chi connectivity index (χ2v) is 7.57. The molecule has 3 heteroatoms. The standard InChI is InChI=1S/C20H28O3/c1-13(2)6-5-8-20(4)9-7-15(11-21)19(23)16-10-14(3)17(12-22)18(16)20/h6-7,12,16,18,21H,5,8-11H2,1-4H3. The van der Waals surface area contributed by atoms with Crippen LogP contribution in [0.4, 0.5) is 0 Å². The van der Waals surface area contributed by atoms with E-state index in [0.29, 0.717) is 12.0 Å². The highest BCUT2D eigenvalue weighted by Crippen LogP contribution is 2.53. The minimum absolute atomic E-state index is 0.0274. The first-order valence-electron chi connectivity index (χ1n) is 8.46. The number of aliphatic hydroxyl groups excluding tert-OH is 1. The summed E-state index contributed by atoms with van der Waals surface area (Å²) in [5.41, 5.74) is 3.53. The van der Waals surface area contributed by atoms with Gasteiger partial charge in [0.25, 0.3) is 0 Å². The van der Waals surface area contributed by atoms with Gasteiger partial charge in [0.1, 0.15) is 6.29 Å². The van der Waals surface area contributed by atoms with Crippen LogP contribution in [0.1, 0.15) is 53.4 Å². The number of carbonyl (C=O) groups excluding carboxylic acids is 2. The van der Waals surface area contributed by atoms with Gasteiger partial charge in [-0.25, -0.2) is 0 Å². The third-order valence-corrected chi connectivity index (χ3v) is 5.54. The van der Waals surface area contributed by atoms with Crippen molar-refractivity contribution in [1.29, 1.82) is 0 Å². The maximum Gasteiger partial charge on any atom is 0.164 e. The van der Waals surface area contributed by atoms with Crippen molar-refractivity contribution in [2.45, 2.75) is 53.4 Å². The predicted molar refractivity (Wildman–Crippen MR) is 91.9 cm³/mol. The number of fused-ring (bicyclic) bond motifs is 1. The molecule has 0 amide bonds. The van der Waals surface area contributed by atoms with Crippen molar-refractivity contribution >= 4 is 12.1 Å². The lowest BCUT2D eigenvalue weighted by atomic mass is 9.65. The number of aldehydes is 1. The van der Waals surface area contributed by atoms with Crippen LogP contribution in [0, 0.1) is 17.3 Å². The molecule has 1 N–H and O–H groups in total. The largest absolute Gasteiger partial charge is 0.392 e. The van der Waals surface area contributed by atoms with E-state index >= 15 is 0 Å². The van der Waals surface area contributed by atoms with E-state index in [1.165, 1.54) is 5.57 Å². The fraction of sp³-hybridized carbons (Fsp3) is 0.600. The van der Waals surface area contributed by atoms with Crippen LogP contribution >= 0.6 is 0 Å². The molecule has 0 aromatic rings. The minimum atomic E-state index is -0.207. The van der Waals surface area contributed by atoms with E-state index in [0.717, 1.165) is 36.7 Å². The van der Waals surface area contributed by atoms with Gasteiger partial charge in [-0.3, -0.25) is 9.59 Å². The lowest BCUT2D eigenvalue weighted by Crippen LogP contribution is -2.34. The molecule has 0 aromatic heterocycles. The van der Waals surface area contributed by atoms with Gasteiger partial charge in [0.2, 0.25) is 0 Å². The highest BCUT2D eigenvalue weighted by atomic mass is 16.3. The summed E-state index contributed by atoms with van der Waals surface area (Å²) in [6.45, 7) is 8.12. The minimum Gasteiger partial charge on any atom is -0.392 e. The van der Waals surface area contributed by atoms with Crippen LogP contribution in [0.15, 0.2) is 34.4 Å². The zero-order valence-corrected chi connectivity index (χ0v) is 14.7. The van der Waals surface area contributed by atoms with E-state index in [2.05, 4.69) is 26.8 Å². The number of rotatable bonds is 5. The predicted octanol–water partition coefficient (Wildman–Crippen LogP) is 3.78. The molecule has 0 spiro atoms. The molecule has 2 aliphatic rings. The van der Waals surface area contributed by atoms with Gasteiger partial charge >= 0.3 is 0 Å². The first-order chi connectivity index (χ1) is 10.8. The molecule has 0 aliphatic heterocycles. The van der Waals surface area contributed by atoms with E-state index in [1.807, 2.05) is 13.0 Å². The summed E-state index contributed by atoms with van der Waals surface area (Å²) in [4.78, 5) is 24.4. The fourth-order valence-corrected chi connectivity index (χ4v) is 4.24. The first-order valence-corrected chi connectivity index (χ1v) is 8.46. The molecular weight excluding hydrogens is 288 g/mol. The van der Waals surface area contributed by atoms with Crippen molar-refractivity contribution < 1.29 is 14.7 Å². The van der Waals surface area contributed by atoms with Crippen molar-refractivity contribution in [3.8, 4) is 0 Å². The van der Waals surface area contributed by atoms with Gasteiger partial charge in [0.05, 0.1) is 6.61 Å². The van der Waals surface area contributed by atoms with E-state index in [9.17, 15) is 14.7 Å². The molecule has 126 valence electrons. The Morgan fingerprint density at radius 3 is 2.70 bits per heavy atom. The Kier molecular flexibility index (Phi) is 5.41. The van der Waals surface area contributed by atoms with Gasteiger partial charge in [-0.1, -0.05) is 30.2 Å². The third kappa shape index (κ3) is 3.40. The lowest BCUT2D eigenvalue weighted by Gasteiger charge is -2.37. The normalized spacial score (nSPS) is 30.7. The molecule has 0 heterocycles. The number of hydrogen-bond acceptors (Lipinski definition) is 3. The second-order valence-electron chi connectivity index (χ2n) is 7.57. The summed E-state index contributed by atoms with van der Waals surface area (Å²) in [7, 11) is 0. The molecule has 2 rings (SSSR count). The third-order valence-electron chi connectivity index (χ3n) is 5.54. The van der Waals surface area contributed by atoms with Gasteiger partial charge < -0.3 is 5.11 Å². The van der Waals surface area contributed by atoms with Crippen molar-refractivity contribution in [2.75, 3.05) is 6.61 Å². The second kappa shape index (κ2) is 6.96. The van der Waals surface area contributed by atoms with Gasteiger partial charge in [-0.05, 0) is 57.4 Å². The number of ketones is 1. The Morgan fingerprint density at radius 1 is 1.43 bits per heavy atom. The zero-order valence-electron chi connectivity index (χ0n) is 14.7. The first kappa shape index (κ1) is 17.9. The smallest absolute Gasteiger partial charge is 0.164 e. The highest BCUT2D eigenvalue weighted by molar-refractivity contribution is 6.00. The van der Waals surface area contributed by atoms with Crippen LogP contribution in [0.25, 0.3) is 0 Å². The molecule has 3 nitrogen and oxygen atoms in total. The van der Waals surface area contributed by atoms with Gasteiger partial charge in [-0.15, -0.1) is 0 Å². The van der Waals surface area contributed by atoms with Crippen LogP contribution in [0.3, 0.4) is 0 Å². The Labute approximate surface area is 139 Å². The van der Waals surface area contributed by atoms with Gasteiger partial charge in [0.15, 0.2) is 5.78 Å². The Morgan fingerprint density at radius 2 is 2.13 bits per heavy atom. The average molecular weight is 316 g/mol. The molecule has 0 aromatic carbocycles. The molecule has 0 fully saturated rings. The topological polar surface area (TPSA) is 54.4 Å². The van der Waals surface area contributed by atoms with Crippen molar-refractivity contribution in [3.63, 3.8) is 0 Å². The monoisotopic (exact) mass is 316 g/mol. The summed E-state index contributed by atoms with van der Waals surface area (Å²) in [6, 6.07) is 0. The molecule has 0 saturated heterocycles. The summed E-state index contributed by atoms with van der Waals surface area (Å²) < 4.78 is 0. The van der Waals surface area contributed by atoms with Crippen LogP contribution in [-0.2, 0) is 9.59 Å². The van der Waals surface area contributed by atoms with Crippen LogP contribution < -0.4 is 0 Å². The SMILES string of the molecule is CC(C)=CCCC1(C)CC=C(CO)C(=O)C2CC(C)=C(C=O)C21. The molecular formula is C20H28O3. The van der Waals surface area contributed by atoms with E-state index < -0.39 is 0 Å². The summed E-state index contributed by atoms with van der Waals surface area (Å²) >= 11 is 0. The van der Waals surface area contributed by atoms with E-state index in [1.54, 1.807) is 0 Å². The average Bonchev–Trinajstić information content (AvgIpc) is 2.79. The van der Waals surface area contributed by atoms with Crippen LogP contribution in [-0.4, -0.2) is 23.8 Å². The van der Waals surface area contributed by atoms with Crippen LogP contribution in [0.2, 0.25) is 0 Å². The lowest BCUT2D eigenvalue weighted by molar-refractivity contribution is -0.121. The molecule has 0 radical (unpaired) electrons. The quantitative estimate of drug-likeness (QED) is 0.620. The zero-order chi connectivity index (χ0) is 17.2. The van der Waals surface area contributed by atoms with E-state index in [-0.39, 0.29) is 29.6 Å². The van der Waals surface area contributed by atoms with Crippen molar-refractivity contribution in [3.05, 3.63) is 34.4 Å². The van der Waals surface area contributed by atoms with Gasteiger partial charge in [0, 0.05) is 17.4 Å². The molecule has 3 unspecified atom stereocenters. The summed E-state index contributed by atoms with van der Waals surface area (Å²) in [5, 5.41) is 9.53. The fourth-order valence-electron chi connectivity index (χ4n) is 4.24. The summed E-state index contributed by atoms with van der Waals surface area (Å²) in [6.07, 6.45) is 8.34. The Hall–Kier alpha value is -1.48.